The SMILES string of the molecule is c1ccc(-c2ccc3c(c2)oc2ccc(-c4ccc5oc6c(-c7cccc(-c8cccc9c8sc8ccccc89)c7)ncnc6c5c4)cc23)cc1. The molecule has 0 atom stereocenters. The van der Waals surface area contributed by atoms with Crippen molar-refractivity contribution < 1.29 is 8.83 Å². The number of furan rings is 2. The maximum atomic E-state index is 6.51. The van der Waals surface area contributed by atoms with Gasteiger partial charge in [-0.2, -0.15) is 0 Å². The van der Waals surface area contributed by atoms with Gasteiger partial charge in [-0.05, 0) is 81.9 Å². The van der Waals surface area contributed by atoms with Crippen LogP contribution in [0.3, 0.4) is 0 Å². The number of fused-ring (bicyclic) bond motifs is 9. The first-order valence-electron chi connectivity index (χ1n) is 17.0. The average Bonchev–Trinajstić information content (AvgIpc) is 3.88. The molecule has 0 N–H and O–H groups in total. The van der Waals surface area contributed by atoms with E-state index in [4.69, 9.17) is 18.8 Å². The summed E-state index contributed by atoms with van der Waals surface area (Å²) in [6, 6.07) is 53.4. The van der Waals surface area contributed by atoms with Gasteiger partial charge in [0.25, 0.3) is 0 Å². The van der Waals surface area contributed by atoms with Crippen LogP contribution < -0.4 is 0 Å². The molecule has 0 unspecified atom stereocenters. The fourth-order valence-corrected chi connectivity index (χ4v) is 8.78. The van der Waals surface area contributed by atoms with Crippen LogP contribution in [0.2, 0.25) is 0 Å². The average molecular weight is 671 g/mol. The number of hydrogen-bond donors (Lipinski definition) is 0. The van der Waals surface area contributed by atoms with Gasteiger partial charge in [0, 0.05) is 41.9 Å². The Hall–Kier alpha value is -6.56. The van der Waals surface area contributed by atoms with E-state index in [0.717, 1.165) is 71.9 Å². The van der Waals surface area contributed by atoms with Gasteiger partial charge in [0.05, 0.1) is 0 Å². The Morgan fingerprint density at radius 1 is 0.412 bits per heavy atom. The molecule has 0 saturated carbocycles. The third-order valence-electron chi connectivity index (χ3n) is 10.0. The number of aromatic nitrogens is 2. The van der Waals surface area contributed by atoms with Gasteiger partial charge in [0.2, 0.25) is 0 Å². The van der Waals surface area contributed by atoms with E-state index in [1.54, 1.807) is 6.33 Å². The molecule has 11 aromatic rings. The number of rotatable bonds is 4. The van der Waals surface area contributed by atoms with E-state index in [1.165, 1.54) is 31.3 Å². The monoisotopic (exact) mass is 670 g/mol. The molecule has 4 aromatic heterocycles. The highest BCUT2D eigenvalue weighted by Crippen LogP contribution is 2.42. The first kappa shape index (κ1) is 28.3. The molecule has 0 saturated heterocycles. The van der Waals surface area contributed by atoms with Crippen LogP contribution in [-0.4, -0.2) is 9.97 Å². The highest BCUT2D eigenvalue weighted by molar-refractivity contribution is 7.26. The van der Waals surface area contributed by atoms with Crippen molar-refractivity contribution in [3.8, 4) is 44.6 Å². The largest absolute Gasteiger partial charge is 0.456 e. The molecule has 0 aliphatic heterocycles. The summed E-state index contributed by atoms with van der Waals surface area (Å²) in [6.07, 6.45) is 1.64. The van der Waals surface area contributed by atoms with Gasteiger partial charge in [-0.15, -0.1) is 11.3 Å². The number of hydrogen-bond acceptors (Lipinski definition) is 5. The summed E-state index contributed by atoms with van der Waals surface area (Å²) in [5.41, 5.74) is 12.7. The molecule has 0 bridgehead atoms. The summed E-state index contributed by atoms with van der Waals surface area (Å²) in [5, 5.41) is 5.74. The lowest BCUT2D eigenvalue weighted by Crippen LogP contribution is -1.88. The highest BCUT2D eigenvalue weighted by atomic mass is 32.1. The van der Waals surface area contributed by atoms with Crippen LogP contribution in [0.1, 0.15) is 0 Å². The van der Waals surface area contributed by atoms with E-state index in [0.29, 0.717) is 5.58 Å². The summed E-state index contributed by atoms with van der Waals surface area (Å²) < 4.78 is 15.4. The summed E-state index contributed by atoms with van der Waals surface area (Å²) in [5.74, 6) is 0. The zero-order chi connectivity index (χ0) is 33.5. The lowest BCUT2D eigenvalue weighted by Gasteiger charge is -2.07. The van der Waals surface area contributed by atoms with Crippen LogP contribution in [0.5, 0.6) is 0 Å². The molecule has 4 heterocycles. The minimum atomic E-state index is 0.687. The van der Waals surface area contributed by atoms with Crippen LogP contribution >= 0.6 is 11.3 Å². The molecule has 4 nitrogen and oxygen atoms in total. The van der Waals surface area contributed by atoms with E-state index in [9.17, 15) is 0 Å². The topological polar surface area (TPSA) is 52.1 Å². The number of benzene rings is 7. The first-order valence-corrected chi connectivity index (χ1v) is 17.8. The zero-order valence-electron chi connectivity index (χ0n) is 27.1. The fourth-order valence-electron chi connectivity index (χ4n) is 7.54. The Kier molecular flexibility index (Phi) is 6.09. The normalized spacial score (nSPS) is 11.9. The van der Waals surface area contributed by atoms with Crippen LogP contribution in [0.15, 0.2) is 167 Å². The van der Waals surface area contributed by atoms with Gasteiger partial charge >= 0.3 is 0 Å². The number of nitrogens with zero attached hydrogens (tertiary/aromatic N) is 2. The zero-order valence-corrected chi connectivity index (χ0v) is 27.9. The third-order valence-corrected chi connectivity index (χ3v) is 11.2. The van der Waals surface area contributed by atoms with Crippen molar-refractivity contribution in [1.82, 2.24) is 9.97 Å². The predicted molar refractivity (Wildman–Crippen MR) is 211 cm³/mol. The van der Waals surface area contributed by atoms with E-state index in [2.05, 4.69) is 140 Å². The molecule has 0 radical (unpaired) electrons. The Bertz CT molecular complexity index is 3150. The summed E-state index contributed by atoms with van der Waals surface area (Å²) in [6.45, 7) is 0. The number of thiophene rings is 1. The molecule has 0 aliphatic rings. The molecule has 51 heavy (non-hydrogen) atoms. The minimum Gasteiger partial charge on any atom is -0.456 e. The molecule has 0 spiro atoms. The summed E-state index contributed by atoms with van der Waals surface area (Å²) in [7, 11) is 0. The van der Waals surface area contributed by atoms with Gasteiger partial charge in [-0.1, -0.05) is 103 Å². The van der Waals surface area contributed by atoms with E-state index in [-0.39, 0.29) is 0 Å². The Morgan fingerprint density at radius 2 is 1.12 bits per heavy atom. The van der Waals surface area contributed by atoms with Crippen molar-refractivity contribution in [2.45, 2.75) is 0 Å². The molecule has 0 fully saturated rings. The Morgan fingerprint density at radius 3 is 2.02 bits per heavy atom. The van der Waals surface area contributed by atoms with Crippen LogP contribution in [0.25, 0.3) is 109 Å². The van der Waals surface area contributed by atoms with Crippen LogP contribution in [0, 0.1) is 0 Å². The van der Waals surface area contributed by atoms with Crippen molar-refractivity contribution >= 4 is 75.5 Å². The summed E-state index contributed by atoms with van der Waals surface area (Å²) >= 11 is 1.84. The third kappa shape index (κ3) is 4.45. The molecule has 7 aromatic carbocycles. The smallest absolute Gasteiger partial charge is 0.180 e. The van der Waals surface area contributed by atoms with Crippen molar-refractivity contribution in [3.05, 3.63) is 158 Å². The van der Waals surface area contributed by atoms with E-state index in [1.807, 2.05) is 23.5 Å². The highest BCUT2D eigenvalue weighted by Gasteiger charge is 2.18. The molecule has 0 aliphatic carbocycles. The van der Waals surface area contributed by atoms with Crippen LogP contribution in [0.4, 0.5) is 0 Å². The van der Waals surface area contributed by atoms with Gasteiger partial charge < -0.3 is 8.83 Å². The summed E-state index contributed by atoms with van der Waals surface area (Å²) in [4.78, 5) is 9.49. The van der Waals surface area contributed by atoms with Crippen LogP contribution in [-0.2, 0) is 0 Å². The van der Waals surface area contributed by atoms with Gasteiger partial charge in [0.1, 0.15) is 34.3 Å². The molecule has 5 heteroatoms. The second kappa shape index (κ2) is 11.0. The molecular weight excluding hydrogens is 645 g/mol. The molecule has 0 amide bonds. The van der Waals surface area contributed by atoms with Crippen molar-refractivity contribution in [3.63, 3.8) is 0 Å². The lowest BCUT2D eigenvalue weighted by atomic mass is 9.99. The van der Waals surface area contributed by atoms with Crippen molar-refractivity contribution in [2.24, 2.45) is 0 Å². The predicted octanol–water partition coefficient (Wildman–Crippen LogP) is 13.3. The Labute approximate surface area is 295 Å². The van der Waals surface area contributed by atoms with Gasteiger partial charge in [-0.3, -0.25) is 0 Å². The Balaban J connectivity index is 0.995. The second-order valence-electron chi connectivity index (χ2n) is 13.0. The van der Waals surface area contributed by atoms with E-state index >= 15 is 0 Å². The maximum absolute atomic E-state index is 6.51. The molecule has 11 rings (SSSR count). The standard InChI is InChI=1S/C46H26N2O2S/c1-2-8-27(9-3-1)30-16-19-34-37-23-28(17-20-39(37)49-41(34)25-30)29-18-21-40-38(24-29)44-45(50-40)43(47-26-48-44)32-11-6-10-31(22-32)33-13-7-14-36-35-12-4-5-15-42(35)51-46(33)36/h1-26H. The lowest BCUT2D eigenvalue weighted by molar-refractivity contribution is 0.667. The minimum absolute atomic E-state index is 0.687. The maximum Gasteiger partial charge on any atom is 0.180 e. The first-order chi connectivity index (χ1) is 25.2. The molecular formula is C46H26N2O2S. The van der Waals surface area contributed by atoms with Crippen molar-refractivity contribution in [1.29, 1.82) is 0 Å². The quantitative estimate of drug-likeness (QED) is 0.187. The second-order valence-corrected chi connectivity index (χ2v) is 14.0. The molecule has 238 valence electrons. The fraction of sp³-hybridized carbons (Fsp3) is 0. The van der Waals surface area contributed by atoms with Crippen molar-refractivity contribution in [2.75, 3.05) is 0 Å². The van der Waals surface area contributed by atoms with Gasteiger partial charge in [-0.25, -0.2) is 9.97 Å². The van der Waals surface area contributed by atoms with Gasteiger partial charge in [0.15, 0.2) is 5.58 Å². The van der Waals surface area contributed by atoms with E-state index < -0.39 is 0 Å².